The van der Waals surface area contributed by atoms with E-state index in [1.807, 2.05) is 30.3 Å². The van der Waals surface area contributed by atoms with E-state index in [9.17, 15) is 4.79 Å². The maximum absolute atomic E-state index is 12.5. The zero-order valence-corrected chi connectivity index (χ0v) is 11.7. The molecule has 0 saturated heterocycles. The Labute approximate surface area is 123 Å². The summed E-state index contributed by atoms with van der Waals surface area (Å²) >= 11 is 0. The molecule has 3 rings (SSSR count). The molecule has 5 heteroatoms. The van der Waals surface area contributed by atoms with E-state index >= 15 is 0 Å². The van der Waals surface area contributed by atoms with Gasteiger partial charge in [-0.3, -0.25) is 9.78 Å². The summed E-state index contributed by atoms with van der Waals surface area (Å²) in [6.45, 7) is 2.00. The van der Waals surface area contributed by atoms with Gasteiger partial charge < -0.3 is 15.4 Å². The molecule has 2 heterocycles. The third kappa shape index (κ3) is 2.87. The fourth-order valence-electron chi connectivity index (χ4n) is 2.33. The molecule has 0 fully saturated rings. The molecule has 0 saturated carbocycles. The van der Waals surface area contributed by atoms with Crippen LogP contribution in [0.25, 0.3) is 0 Å². The molecule has 2 N–H and O–H groups in total. The molecule has 0 unspecified atom stereocenters. The number of aromatic nitrogens is 1. The number of ether oxygens (including phenoxy) is 1. The third-order valence-corrected chi connectivity index (χ3v) is 3.52. The molecule has 1 aromatic heterocycles. The molecule has 2 aromatic rings. The van der Waals surface area contributed by atoms with Crippen molar-refractivity contribution in [2.75, 3.05) is 13.2 Å². The molecule has 1 aromatic carbocycles. The summed E-state index contributed by atoms with van der Waals surface area (Å²) in [5.41, 5.74) is 7.91. The molecule has 0 spiro atoms. The highest BCUT2D eigenvalue weighted by Crippen LogP contribution is 2.23. The minimum atomic E-state index is -0.0844. The summed E-state index contributed by atoms with van der Waals surface area (Å²) in [5.74, 6) is 0.762. The first-order chi connectivity index (χ1) is 10.3. The van der Waals surface area contributed by atoms with Crippen molar-refractivity contribution in [2.45, 2.75) is 13.1 Å². The van der Waals surface area contributed by atoms with E-state index in [2.05, 4.69) is 4.98 Å². The molecule has 21 heavy (non-hydrogen) atoms. The second-order valence-corrected chi connectivity index (χ2v) is 4.94. The summed E-state index contributed by atoms with van der Waals surface area (Å²) in [6, 6.07) is 11.3. The molecule has 108 valence electrons. The second kappa shape index (κ2) is 5.93. The van der Waals surface area contributed by atoms with Gasteiger partial charge in [-0.15, -0.1) is 0 Å². The highest BCUT2D eigenvalue weighted by atomic mass is 16.5. The zero-order chi connectivity index (χ0) is 14.7. The first-order valence-electron chi connectivity index (χ1n) is 6.93. The number of fused-ring (bicyclic) bond motifs is 1. The highest BCUT2D eigenvalue weighted by molar-refractivity contribution is 5.92. The van der Waals surface area contributed by atoms with Crippen LogP contribution in [0.2, 0.25) is 0 Å². The monoisotopic (exact) mass is 283 g/mol. The van der Waals surface area contributed by atoms with Crippen molar-refractivity contribution < 1.29 is 9.53 Å². The first kappa shape index (κ1) is 13.6. The highest BCUT2D eigenvalue weighted by Gasteiger charge is 2.21. The Bertz CT molecular complexity index is 640. The summed E-state index contributed by atoms with van der Waals surface area (Å²) in [7, 11) is 0. The SMILES string of the molecule is NCc1ccc(C(=O)N2CCOc3ccccc3C2)nc1. The molecule has 5 nitrogen and oxygen atoms in total. The van der Waals surface area contributed by atoms with Crippen molar-refractivity contribution >= 4 is 5.91 Å². The third-order valence-electron chi connectivity index (χ3n) is 3.52. The lowest BCUT2D eigenvalue weighted by Crippen LogP contribution is -2.33. The van der Waals surface area contributed by atoms with Gasteiger partial charge in [0.25, 0.3) is 5.91 Å². The van der Waals surface area contributed by atoms with Gasteiger partial charge in [-0.1, -0.05) is 24.3 Å². The maximum Gasteiger partial charge on any atom is 0.272 e. The van der Waals surface area contributed by atoms with Gasteiger partial charge in [0.05, 0.1) is 6.54 Å². The second-order valence-electron chi connectivity index (χ2n) is 4.94. The van der Waals surface area contributed by atoms with Crippen molar-refractivity contribution in [3.05, 3.63) is 59.4 Å². The van der Waals surface area contributed by atoms with E-state index in [-0.39, 0.29) is 5.91 Å². The van der Waals surface area contributed by atoms with Gasteiger partial charge in [0.15, 0.2) is 0 Å². The number of nitrogens with zero attached hydrogens (tertiary/aromatic N) is 2. The van der Waals surface area contributed by atoms with Gasteiger partial charge in [-0.05, 0) is 17.7 Å². The van der Waals surface area contributed by atoms with Crippen LogP contribution in [-0.2, 0) is 13.1 Å². The number of benzene rings is 1. The quantitative estimate of drug-likeness (QED) is 0.908. The lowest BCUT2D eigenvalue weighted by atomic mass is 10.2. The van der Waals surface area contributed by atoms with Crippen LogP contribution in [0.4, 0.5) is 0 Å². The molecule has 0 bridgehead atoms. The minimum absolute atomic E-state index is 0.0844. The Morgan fingerprint density at radius 1 is 1.29 bits per heavy atom. The molecule has 1 aliphatic heterocycles. The summed E-state index contributed by atoms with van der Waals surface area (Å²) in [5, 5.41) is 0. The van der Waals surface area contributed by atoms with E-state index in [0.29, 0.717) is 31.9 Å². The molecular formula is C16H17N3O2. The van der Waals surface area contributed by atoms with Crippen LogP contribution in [0.3, 0.4) is 0 Å². The molecule has 0 radical (unpaired) electrons. The summed E-state index contributed by atoms with van der Waals surface area (Å²) in [4.78, 5) is 18.5. The first-order valence-corrected chi connectivity index (χ1v) is 6.93. The number of para-hydroxylation sites is 1. The van der Waals surface area contributed by atoms with E-state index in [0.717, 1.165) is 16.9 Å². The molecule has 1 amide bonds. The number of pyridine rings is 1. The average Bonchev–Trinajstić information content (AvgIpc) is 2.76. The molecule has 0 aliphatic carbocycles. The van der Waals surface area contributed by atoms with Crippen LogP contribution < -0.4 is 10.5 Å². The van der Waals surface area contributed by atoms with Gasteiger partial charge in [0.2, 0.25) is 0 Å². The number of nitrogens with two attached hydrogens (primary N) is 1. The molecule has 0 atom stereocenters. The van der Waals surface area contributed by atoms with E-state index in [1.165, 1.54) is 0 Å². The number of carbonyl (C=O) groups excluding carboxylic acids is 1. The minimum Gasteiger partial charge on any atom is -0.491 e. The normalized spacial score (nSPS) is 14.0. The van der Waals surface area contributed by atoms with Gasteiger partial charge in [-0.25, -0.2) is 0 Å². The van der Waals surface area contributed by atoms with Crippen LogP contribution in [0.15, 0.2) is 42.6 Å². The fraction of sp³-hybridized carbons (Fsp3) is 0.250. The zero-order valence-electron chi connectivity index (χ0n) is 11.7. The Morgan fingerprint density at radius 2 is 2.14 bits per heavy atom. The Morgan fingerprint density at radius 3 is 2.90 bits per heavy atom. The number of carbonyl (C=O) groups is 1. The lowest BCUT2D eigenvalue weighted by Gasteiger charge is -2.19. The van der Waals surface area contributed by atoms with Crippen LogP contribution in [0.5, 0.6) is 5.75 Å². The maximum atomic E-state index is 12.5. The Hall–Kier alpha value is -2.40. The van der Waals surface area contributed by atoms with E-state index in [1.54, 1.807) is 17.2 Å². The van der Waals surface area contributed by atoms with Gasteiger partial charge in [0.1, 0.15) is 18.1 Å². The topological polar surface area (TPSA) is 68.5 Å². The van der Waals surface area contributed by atoms with Crippen molar-refractivity contribution in [3.63, 3.8) is 0 Å². The van der Waals surface area contributed by atoms with Crippen LogP contribution >= 0.6 is 0 Å². The number of hydrogen-bond donors (Lipinski definition) is 1. The van der Waals surface area contributed by atoms with Crippen LogP contribution in [-0.4, -0.2) is 28.9 Å². The molecule has 1 aliphatic rings. The van der Waals surface area contributed by atoms with Crippen LogP contribution in [0, 0.1) is 0 Å². The summed E-state index contributed by atoms with van der Waals surface area (Å²) in [6.07, 6.45) is 1.65. The van der Waals surface area contributed by atoms with Gasteiger partial charge in [-0.2, -0.15) is 0 Å². The Kier molecular flexibility index (Phi) is 3.83. The predicted molar refractivity (Wildman–Crippen MR) is 78.8 cm³/mol. The largest absolute Gasteiger partial charge is 0.491 e. The van der Waals surface area contributed by atoms with Crippen molar-refractivity contribution in [1.29, 1.82) is 0 Å². The van der Waals surface area contributed by atoms with Crippen molar-refractivity contribution in [2.24, 2.45) is 5.73 Å². The van der Waals surface area contributed by atoms with Gasteiger partial charge in [0, 0.05) is 24.8 Å². The number of rotatable bonds is 2. The van der Waals surface area contributed by atoms with Crippen molar-refractivity contribution in [1.82, 2.24) is 9.88 Å². The predicted octanol–water partition coefficient (Wildman–Crippen LogP) is 1.58. The van der Waals surface area contributed by atoms with Gasteiger partial charge >= 0.3 is 0 Å². The lowest BCUT2D eigenvalue weighted by molar-refractivity contribution is 0.0727. The number of amides is 1. The summed E-state index contributed by atoms with van der Waals surface area (Å²) < 4.78 is 5.67. The van der Waals surface area contributed by atoms with E-state index < -0.39 is 0 Å². The average molecular weight is 283 g/mol. The van der Waals surface area contributed by atoms with Crippen LogP contribution in [0.1, 0.15) is 21.6 Å². The standard InChI is InChI=1S/C16H17N3O2/c17-9-12-5-6-14(18-10-12)16(20)19-7-8-21-15-4-2-1-3-13(15)11-19/h1-6,10H,7-9,11,17H2. The van der Waals surface area contributed by atoms with E-state index in [4.69, 9.17) is 10.5 Å². The Balaban J connectivity index is 1.81. The smallest absolute Gasteiger partial charge is 0.272 e. The fourth-order valence-corrected chi connectivity index (χ4v) is 2.33. The van der Waals surface area contributed by atoms with Crippen molar-refractivity contribution in [3.8, 4) is 5.75 Å². The number of hydrogen-bond acceptors (Lipinski definition) is 4. The molecular weight excluding hydrogens is 266 g/mol.